The van der Waals surface area contributed by atoms with Crippen molar-refractivity contribution in [2.24, 2.45) is 0 Å². The van der Waals surface area contributed by atoms with Gasteiger partial charge in [0.25, 0.3) is 11.5 Å². The SMILES string of the molecule is CCOc1ccc2nc(NC(=O)[C@@H](C)n3nc(-c4ccc(C)cc4)ccc3=O)sc2c1. The third-order valence-electron chi connectivity index (χ3n) is 4.82. The minimum absolute atomic E-state index is 0.343. The van der Waals surface area contributed by atoms with Crippen LogP contribution in [0.25, 0.3) is 21.5 Å². The lowest BCUT2D eigenvalue weighted by atomic mass is 10.1. The smallest absolute Gasteiger partial charge is 0.267 e. The van der Waals surface area contributed by atoms with Gasteiger partial charge < -0.3 is 10.1 Å². The zero-order valence-electron chi connectivity index (χ0n) is 17.5. The van der Waals surface area contributed by atoms with Crippen molar-refractivity contribution in [2.75, 3.05) is 11.9 Å². The molecule has 0 saturated heterocycles. The molecule has 158 valence electrons. The van der Waals surface area contributed by atoms with Crippen LogP contribution in [0.15, 0.2) is 59.4 Å². The number of hydrogen-bond donors (Lipinski definition) is 1. The Labute approximate surface area is 183 Å². The summed E-state index contributed by atoms with van der Waals surface area (Å²) in [6.45, 7) is 6.15. The summed E-state index contributed by atoms with van der Waals surface area (Å²) >= 11 is 1.35. The van der Waals surface area contributed by atoms with Crippen LogP contribution in [0.4, 0.5) is 5.13 Å². The van der Waals surface area contributed by atoms with Gasteiger partial charge in [0.1, 0.15) is 11.8 Å². The number of rotatable bonds is 6. The molecule has 0 bridgehead atoms. The minimum atomic E-state index is -0.802. The summed E-state index contributed by atoms with van der Waals surface area (Å²) in [6.07, 6.45) is 0. The standard InChI is InChI=1S/C23H22N4O3S/c1-4-30-17-9-10-19-20(13-17)31-23(24-19)25-22(29)15(3)27-21(28)12-11-18(26-27)16-7-5-14(2)6-8-16/h5-13,15H,4H2,1-3H3,(H,24,25,29)/t15-/m1/s1. The number of carbonyl (C=O) groups excluding carboxylic acids is 1. The van der Waals surface area contributed by atoms with E-state index in [2.05, 4.69) is 15.4 Å². The fourth-order valence-corrected chi connectivity index (χ4v) is 4.01. The number of hydrogen-bond acceptors (Lipinski definition) is 6. The fourth-order valence-electron chi connectivity index (χ4n) is 3.12. The predicted molar refractivity (Wildman–Crippen MR) is 123 cm³/mol. The van der Waals surface area contributed by atoms with E-state index < -0.39 is 6.04 Å². The molecule has 0 aliphatic carbocycles. The number of thiazole rings is 1. The van der Waals surface area contributed by atoms with Gasteiger partial charge in [0.15, 0.2) is 5.13 Å². The highest BCUT2D eigenvalue weighted by atomic mass is 32.1. The van der Waals surface area contributed by atoms with Crippen LogP contribution in [0.3, 0.4) is 0 Å². The summed E-state index contributed by atoms with van der Waals surface area (Å²) in [4.78, 5) is 29.7. The van der Waals surface area contributed by atoms with E-state index in [4.69, 9.17) is 4.74 Å². The second-order valence-electron chi connectivity index (χ2n) is 7.11. The van der Waals surface area contributed by atoms with E-state index in [0.29, 0.717) is 17.4 Å². The molecule has 0 aliphatic heterocycles. The number of nitrogens with zero attached hydrogens (tertiary/aromatic N) is 3. The molecule has 8 heteroatoms. The summed E-state index contributed by atoms with van der Waals surface area (Å²) in [5.74, 6) is 0.397. The van der Waals surface area contributed by atoms with Gasteiger partial charge in [-0.1, -0.05) is 41.2 Å². The minimum Gasteiger partial charge on any atom is -0.494 e. The number of amides is 1. The first-order chi connectivity index (χ1) is 14.9. The quantitative estimate of drug-likeness (QED) is 0.485. The summed E-state index contributed by atoms with van der Waals surface area (Å²) in [5, 5.41) is 7.68. The lowest BCUT2D eigenvalue weighted by Crippen LogP contribution is -2.33. The molecule has 1 amide bonds. The van der Waals surface area contributed by atoms with E-state index in [1.54, 1.807) is 13.0 Å². The molecule has 0 radical (unpaired) electrons. The van der Waals surface area contributed by atoms with Crippen molar-refractivity contribution < 1.29 is 9.53 Å². The second kappa shape index (κ2) is 8.69. The number of aromatic nitrogens is 3. The van der Waals surface area contributed by atoms with Gasteiger partial charge >= 0.3 is 0 Å². The molecular weight excluding hydrogens is 412 g/mol. The van der Waals surface area contributed by atoms with Gasteiger partial charge in [0.2, 0.25) is 0 Å². The summed E-state index contributed by atoms with van der Waals surface area (Å²) < 4.78 is 7.62. The maximum Gasteiger partial charge on any atom is 0.267 e. The number of fused-ring (bicyclic) bond motifs is 1. The lowest BCUT2D eigenvalue weighted by molar-refractivity contribution is -0.119. The Morgan fingerprint density at radius 1 is 1.16 bits per heavy atom. The number of carbonyl (C=O) groups is 1. The van der Waals surface area contributed by atoms with Gasteiger partial charge in [-0.25, -0.2) is 9.67 Å². The molecule has 4 aromatic rings. The molecule has 0 unspecified atom stereocenters. The Balaban J connectivity index is 1.56. The zero-order valence-corrected chi connectivity index (χ0v) is 18.3. The summed E-state index contributed by atoms with van der Waals surface area (Å²) in [7, 11) is 0. The summed E-state index contributed by atoms with van der Waals surface area (Å²) in [6, 6.07) is 15.7. The third-order valence-corrected chi connectivity index (χ3v) is 5.75. The normalized spacial score (nSPS) is 12.0. The van der Waals surface area contributed by atoms with Crippen LogP contribution < -0.4 is 15.6 Å². The van der Waals surface area contributed by atoms with E-state index in [-0.39, 0.29) is 11.5 Å². The Kier molecular flexibility index (Phi) is 5.81. The molecule has 7 nitrogen and oxygen atoms in total. The van der Waals surface area contributed by atoms with Crippen molar-refractivity contribution in [3.05, 3.63) is 70.5 Å². The van der Waals surface area contributed by atoms with Gasteiger partial charge in [-0.2, -0.15) is 5.10 Å². The van der Waals surface area contributed by atoms with Crippen LogP contribution >= 0.6 is 11.3 Å². The van der Waals surface area contributed by atoms with Crippen molar-refractivity contribution in [3.8, 4) is 17.0 Å². The predicted octanol–water partition coefficient (Wildman–Crippen LogP) is 4.43. The van der Waals surface area contributed by atoms with Gasteiger partial charge in [0.05, 0.1) is 22.5 Å². The Bertz CT molecular complexity index is 1290. The van der Waals surface area contributed by atoms with Crippen LogP contribution in [-0.4, -0.2) is 27.3 Å². The van der Waals surface area contributed by atoms with E-state index >= 15 is 0 Å². The van der Waals surface area contributed by atoms with Gasteiger partial charge in [-0.15, -0.1) is 0 Å². The van der Waals surface area contributed by atoms with E-state index in [1.165, 1.54) is 22.1 Å². The molecule has 1 atom stereocenters. The van der Waals surface area contributed by atoms with Crippen LogP contribution in [0, 0.1) is 6.92 Å². The monoisotopic (exact) mass is 434 g/mol. The van der Waals surface area contributed by atoms with Gasteiger partial charge in [-0.05, 0) is 45.0 Å². The number of anilines is 1. The van der Waals surface area contributed by atoms with E-state index in [0.717, 1.165) is 27.1 Å². The van der Waals surface area contributed by atoms with Crippen LogP contribution in [0.5, 0.6) is 5.75 Å². The largest absolute Gasteiger partial charge is 0.494 e. The van der Waals surface area contributed by atoms with Gasteiger partial charge in [0, 0.05) is 11.6 Å². The average molecular weight is 435 g/mol. The molecule has 2 aromatic carbocycles. The number of aryl methyl sites for hydroxylation is 1. The third kappa shape index (κ3) is 4.49. The maximum atomic E-state index is 12.8. The van der Waals surface area contributed by atoms with Crippen molar-refractivity contribution in [2.45, 2.75) is 26.8 Å². The first-order valence-corrected chi connectivity index (χ1v) is 10.8. The first kappa shape index (κ1) is 20.7. The van der Waals surface area contributed by atoms with Gasteiger partial charge in [-0.3, -0.25) is 9.59 Å². The Hall–Kier alpha value is -3.52. The van der Waals surface area contributed by atoms with E-state index in [9.17, 15) is 9.59 Å². The molecule has 2 heterocycles. The fraction of sp³-hybridized carbons (Fsp3) is 0.217. The lowest BCUT2D eigenvalue weighted by Gasteiger charge is -2.14. The maximum absolute atomic E-state index is 12.8. The highest BCUT2D eigenvalue weighted by Gasteiger charge is 2.20. The molecule has 1 N–H and O–H groups in total. The Morgan fingerprint density at radius 3 is 2.68 bits per heavy atom. The summed E-state index contributed by atoms with van der Waals surface area (Å²) in [5.41, 5.74) is 3.07. The van der Waals surface area contributed by atoms with Crippen LogP contribution in [0.1, 0.15) is 25.5 Å². The highest BCUT2D eigenvalue weighted by molar-refractivity contribution is 7.22. The molecule has 0 aliphatic rings. The molecule has 0 saturated carbocycles. The van der Waals surface area contributed by atoms with Crippen molar-refractivity contribution in [3.63, 3.8) is 0 Å². The van der Waals surface area contributed by atoms with E-state index in [1.807, 2.05) is 56.3 Å². The zero-order chi connectivity index (χ0) is 22.0. The van der Waals surface area contributed by atoms with Crippen molar-refractivity contribution >= 4 is 32.6 Å². The second-order valence-corrected chi connectivity index (χ2v) is 8.14. The molecule has 31 heavy (non-hydrogen) atoms. The van der Waals surface area contributed by atoms with Crippen LogP contribution in [0.2, 0.25) is 0 Å². The molecule has 0 spiro atoms. The number of benzene rings is 2. The highest BCUT2D eigenvalue weighted by Crippen LogP contribution is 2.29. The molecular formula is C23H22N4O3S. The topological polar surface area (TPSA) is 86.1 Å². The molecule has 2 aromatic heterocycles. The average Bonchev–Trinajstić information content (AvgIpc) is 3.16. The number of ether oxygens (including phenoxy) is 1. The molecule has 4 rings (SSSR count). The van der Waals surface area contributed by atoms with Crippen molar-refractivity contribution in [1.29, 1.82) is 0 Å². The van der Waals surface area contributed by atoms with Crippen molar-refractivity contribution in [1.82, 2.24) is 14.8 Å². The molecule has 0 fully saturated rings. The Morgan fingerprint density at radius 2 is 1.94 bits per heavy atom. The first-order valence-electron chi connectivity index (χ1n) is 9.96. The van der Waals surface area contributed by atoms with Crippen LogP contribution in [-0.2, 0) is 4.79 Å². The number of nitrogens with one attached hydrogen (secondary N) is 1.